The first kappa shape index (κ1) is 17.9. The smallest absolute Gasteiger partial charge is 0.340 e. The summed E-state index contributed by atoms with van der Waals surface area (Å²) in [5.74, 6) is -2.91. The summed E-state index contributed by atoms with van der Waals surface area (Å²) in [6.45, 7) is 5.93. The number of nitrogens with one attached hydrogen (secondary N) is 2. The van der Waals surface area contributed by atoms with Crippen LogP contribution in [0.15, 0.2) is 0 Å². The number of ether oxygens (including phenoxy) is 2. The molecule has 114 valence electrons. The zero-order valence-corrected chi connectivity index (χ0v) is 12.0. The van der Waals surface area contributed by atoms with Gasteiger partial charge in [0.1, 0.15) is 6.04 Å². The van der Waals surface area contributed by atoms with Crippen LogP contribution in [0.25, 0.3) is 0 Å². The summed E-state index contributed by atoms with van der Waals surface area (Å²) < 4.78 is 9.38. The van der Waals surface area contributed by atoms with Crippen molar-refractivity contribution in [2.75, 3.05) is 13.2 Å². The van der Waals surface area contributed by atoms with E-state index in [1.165, 1.54) is 13.8 Å². The predicted molar refractivity (Wildman–Crippen MR) is 68.5 cm³/mol. The van der Waals surface area contributed by atoms with Gasteiger partial charge < -0.3 is 20.1 Å². The van der Waals surface area contributed by atoms with Crippen LogP contribution in [0.2, 0.25) is 0 Å². The topological polar surface area (TPSA) is 111 Å². The zero-order valence-electron chi connectivity index (χ0n) is 12.0. The molecular formula is C12H20N2O6. The third kappa shape index (κ3) is 6.17. The first-order valence-electron chi connectivity index (χ1n) is 6.24. The Bertz CT molecular complexity index is 364. The summed E-state index contributed by atoms with van der Waals surface area (Å²) in [6, 6.07) is -2.43. The number of carbonyl (C=O) groups is 4. The molecule has 0 heterocycles. The molecule has 0 aromatic carbocycles. The van der Waals surface area contributed by atoms with Crippen LogP contribution in [0.5, 0.6) is 0 Å². The average Bonchev–Trinajstić information content (AvgIpc) is 2.35. The Hall–Kier alpha value is -2.12. The zero-order chi connectivity index (χ0) is 15.7. The first-order chi connectivity index (χ1) is 9.33. The summed E-state index contributed by atoms with van der Waals surface area (Å²) in [4.78, 5) is 45.8. The van der Waals surface area contributed by atoms with Gasteiger partial charge in [0.05, 0.1) is 13.2 Å². The summed E-state index contributed by atoms with van der Waals surface area (Å²) >= 11 is 0. The number of hydrogen-bond donors (Lipinski definition) is 2. The summed E-state index contributed by atoms with van der Waals surface area (Å²) in [7, 11) is 0. The van der Waals surface area contributed by atoms with E-state index in [-0.39, 0.29) is 13.2 Å². The van der Waals surface area contributed by atoms with Gasteiger partial charge in [-0.2, -0.15) is 0 Å². The van der Waals surface area contributed by atoms with Crippen molar-refractivity contribution in [3.8, 4) is 0 Å². The normalized spacial score (nSPS) is 11.4. The van der Waals surface area contributed by atoms with Gasteiger partial charge >= 0.3 is 11.9 Å². The molecule has 0 aliphatic heterocycles. The van der Waals surface area contributed by atoms with Gasteiger partial charge in [0.2, 0.25) is 17.9 Å². The number of hydrogen-bond acceptors (Lipinski definition) is 6. The van der Waals surface area contributed by atoms with Crippen LogP contribution >= 0.6 is 0 Å². The van der Waals surface area contributed by atoms with Crippen molar-refractivity contribution in [1.82, 2.24) is 10.6 Å². The molecule has 1 unspecified atom stereocenters. The van der Waals surface area contributed by atoms with Crippen molar-refractivity contribution < 1.29 is 28.7 Å². The molecule has 0 rings (SSSR count). The molecule has 8 heteroatoms. The molecule has 2 N–H and O–H groups in total. The molecule has 0 aromatic rings. The molecule has 20 heavy (non-hydrogen) atoms. The van der Waals surface area contributed by atoms with Gasteiger partial charge in [-0.25, -0.2) is 9.59 Å². The predicted octanol–water partition coefficient (Wildman–Crippen LogP) is -0.878. The standard InChI is InChI=1S/C12H20N2O6/c1-5-19-11(17)9(12(18)20-6-2)14-10(16)7(3)13-8(4)15/h7,9H,5-6H2,1-4H3,(H,13,15)(H,14,16). The molecule has 0 spiro atoms. The highest BCUT2D eigenvalue weighted by Gasteiger charge is 2.32. The van der Waals surface area contributed by atoms with Gasteiger partial charge in [0, 0.05) is 6.92 Å². The molecule has 2 amide bonds. The Morgan fingerprint density at radius 1 is 0.950 bits per heavy atom. The lowest BCUT2D eigenvalue weighted by atomic mass is 10.2. The molecule has 0 saturated heterocycles. The average molecular weight is 288 g/mol. The molecule has 0 aliphatic carbocycles. The van der Waals surface area contributed by atoms with Crippen molar-refractivity contribution in [1.29, 1.82) is 0 Å². The molecule has 0 saturated carbocycles. The number of rotatable bonds is 7. The highest BCUT2D eigenvalue weighted by atomic mass is 16.6. The largest absolute Gasteiger partial charge is 0.464 e. The second kappa shape index (κ2) is 8.89. The van der Waals surface area contributed by atoms with E-state index in [4.69, 9.17) is 9.47 Å². The molecule has 0 radical (unpaired) electrons. The minimum absolute atomic E-state index is 0.0614. The van der Waals surface area contributed by atoms with E-state index in [2.05, 4.69) is 10.6 Å². The Morgan fingerprint density at radius 3 is 1.75 bits per heavy atom. The van der Waals surface area contributed by atoms with Crippen LogP contribution in [0.1, 0.15) is 27.7 Å². The maximum absolute atomic E-state index is 11.8. The SMILES string of the molecule is CCOC(=O)C(NC(=O)C(C)NC(C)=O)C(=O)OCC. The van der Waals surface area contributed by atoms with E-state index < -0.39 is 35.8 Å². The monoisotopic (exact) mass is 288 g/mol. The van der Waals surface area contributed by atoms with E-state index >= 15 is 0 Å². The Morgan fingerprint density at radius 2 is 1.40 bits per heavy atom. The van der Waals surface area contributed by atoms with Crippen molar-refractivity contribution in [2.45, 2.75) is 39.8 Å². The molecule has 1 atom stereocenters. The second-order valence-electron chi connectivity index (χ2n) is 3.87. The lowest BCUT2D eigenvalue weighted by Gasteiger charge is -2.18. The lowest BCUT2D eigenvalue weighted by Crippen LogP contribution is -2.53. The van der Waals surface area contributed by atoms with Gasteiger partial charge in [0.25, 0.3) is 0 Å². The molecule has 0 bridgehead atoms. The van der Waals surface area contributed by atoms with E-state index in [9.17, 15) is 19.2 Å². The Labute approximate surface area is 117 Å². The van der Waals surface area contributed by atoms with Crippen molar-refractivity contribution in [2.24, 2.45) is 0 Å². The molecule has 0 fully saturated rings. The third-order valence-electron chi connectivity index (χ3n) is 2.14. The fourth-order valence-corrected chi connectivity index (χ4v) is 1.30. The van der Waals surface area contributed by atoms with Gasteiger partial charge in [0.15, 0.2) is 0 Å². The van der Waals surface area contributed by atoms with Crippen LogP contribution in [0, 0.1) is 0 Å². The van der Waals surface area contributed by atoms with Gasteiger partial charge in [-0.3, -0.25) is 9.59 Å². The van der Waals surface area contributed by atoms with Crippen LogP contribution < -0.4 is 10.6 Å². The fraction of sp³-hybridized carbons (Fsp3) is 0.667. The highest BCUT2D eigenvalue weighted by Crippen LogP contribution is 1.96. The van der Waals surface area contributed by atoms with Gasteiger partial charge in [-0.1, -0.05) is 0 Å². The Kier molecular flexibility index (Phi) is 7.95. The van der Waals surface area contributed by atoms with Gasteiger partial charge in [-0.15, -0.1) is 0 Å². The summed E-state index contributed by atoms with van der Waals surface area (Å²) in [5, 5.41) is 4.52. The number of amides is 2. The Balaban J connectivity index is 4.79. The highest BCUT2D eigenvalue weighted by molar-refractivity contribution is 6.03. The third-order valence-corrected chi connectivity index (χ3v) is 2.14. The minimum Gasteiger partial charge on any atom is -0.464 e. The van der Waals surface area contributed by atoms with E-state index in [1.807, 2.05) is 0 Å². The maximum Gasteiger partial charge on any atom is 0.340 e. The fourth-order valence-electron chi connectivity index (χ4n) is 1.30. The van der Waals surface area contributed by atoms with Crippen molar-refractivity contribution in [3.63, 3.8) is 0 Å². The lowest BCUT2D eigenvalue weighted by molar-refractivity contribution is -0.159. The van der Waals surface area contributed by atoms with E-state index in [0.717, 1.165) is 0 Å². The van der Waals surface area contributed by atoms with Crippen LogP contribution in [0.3, 0.4) is 0 Å². The van der Waals surface area contributed by atoms with E-state index in [1.54, 1.807) is 13.8 Å². The quantitative estimate of drug-likeness (QED) is 0.465. The van der Waals surface area contributed by atoms with Crippen LogP contribution in [0.4, 0.5) is 0 Å². The maximum atomic E-state index is 11.8. The minimum atomic E-state index is -1.54. The summed E-state index contributed by atoms with van der Waals surface area (Å²) in [5.41, 5.74) is 0. The van der Waals surface area contributed by atoms with E-state index in [0.29, 0.717) is 0 Å². The van der Waals surface area contributed by atoms with Crippen molar-refractivity contribution in [3.05, 3.63) is 0 Å². The second-order valence-corrected chi connectivity index (χ2v) is 3.87. The number of esters is 2. The van der Waals surface area contributed by atoms with Crippen LogP contribution in [-0.2, 0) is 28.7 Å². The molecule has 8 nitrogen and oxygen atoms in total. The summed E-state index contributed by atoms with van der Waals surface area (Å²) in [6.07, 6.45) is 0. The molecule has 0 aliphatic rings. The van der Waals surface area contributed by atoms with Crippen LogP contribution in [-0.4, -0.2) is 49.1 Å². The van der Waals surface area contributed by atoms with Gasteiger partial charge in [-0.05, 0) is 20.8 Å². The number of carbonyl (C=O) groups excluding carboxylic acids is 4. The molecule has 0 aromatic heterocycles. The molecular weight excluding hydrogens is 268 g/mol. The first-order valence-corrected chi connectivity index (χ1v) is 6.24. The van der Waals surface area contributed by atoms with Crippen molar-refractivity contribution >= 4 is 23.8 Å².